The number of nitrogens with zero attached hydrogens (tertiary/aromatic N) is 1. The first-order chi connectivity index (χ1) is 6.75. The van der Waals surface area contributed by atoms with Crippen LogP contribution in [0.5, 0.6) is 0 Å². The van der Waals surface area contributed by atoms with Crippen molar-refractivity contribution in [2.45, 2.75) is 6.42 Å². The Kier molecular flexibility index (Phi) is 2.54. The zero-order chi connectivity index (χ0) is 9.97. The second-order valence-electron chi connectivity index (χ2n) is 2.88. The van der Waals surface area contributed by atoms with Gasteiger partial charge in [0.05, 0.1) is 5.51 Å². The topological polar surface area (TPSA) is 12.9 Å². The Morgan fingerprint density at radius 3 is 2.79 bits per heavy atom. The molecule has 0 aliphatic rings. The molecule has 0 unspecified atom stereocenters. The number of halogens is 2. The Morgan fingerprint density at radius 1 is 1.29 bits per heavy atom. The van der Waals surface area contributed by atoms with Crippen molar-refractivity contribution in [1.29, 1.82) is 0 Å². The third-order valence-electron chi connectivity index (χ3n) is 1.86. The molecule has 0 fully saturated rings. The fourth-order valence-electron chi connectivity index (χ4n) is 1.18. The first-order valence-corrected chi connectivity index (χ1v) is 4.95. The predicted molar refractivity (Wildman–Crippen MR) is 51.3 cm³/mol. The van der Waals surface area contributed by atoms with Crippen LogP contribution in [0.25, 0.3) is 0 Å². The molecule has 0 aliphatic heterocycles. The number of aromatic nitrogens is 1. The van der Waals surface area contributed by atoms with Crippen molar-refractivity contribution in [1.82, 2.24) is 4.98 Å². The minimum Gasteiger partial charge on any atom is -0.253 e. The third kappa shape index (κ3) is 1.96. The molecule has 1 nitrogen and oxygen atoms in total. The van der Waals surface area contributed by atoms with Gasteiger partial charge in [-0.2, -0.15) is 0 Å². The summed E-state index contributed by atoms with van der Waals surface area (Å²) >= 11 is 1.46. The number of hydrogen-bond donors (Lipinski definition) is 0. The lowest BCUT2D eigenvalue weighted by Crippen LogP contribution is -1.91. The van der Waals surface area contributed by atoms with Gasteiger partial charge < -0.3 is 0 Å². The van der Waals surface area contributed by atoms with Crippen LogP contribution >= 0.6 is 11.3 Å². The van der Waals surface area contributed by atoms with Crippen LogP contribution in [0.1, 0.15) is 10.4 Å². The second kappa shape index (κ2) is 3.84. The fourth-order valence-corrected chi connectivity index (χ4v) is 1.80. The molecule has 0 spiro atoms. The Labute approximate surface area is 84.0 Å². The summed E-state index contributed by atoms with van der Waals surface area (Å²) in [5.74, 6) is -1.05. The van der Waals surface area contributed by atoms with Gasteiger partial charge in [-0.25, -0.2) is 8.78 Å². The molecule has 1 aromatic carbocycles. The van der Waals surface area contributed by atoms with E-state index >= 15 is 0 Å². The van der Waals surface area contributed by atoms with E-state index in [0.717, 1.165) is 10.9 Å². The van der Waals surface area contributed by atoms with Gasteiger partial charge in [0.25, 0.3) is 0 Å². The van der Waals surface area contributed by atoms with E-state index in [9.17, 15) is 8.78 Å². The van der Waals surface area contributed by atoms with Crippen LogP contribution < -0.4 is 0 Å². The molecule has 0 amide bonds. The number of thiazole rings is 1. The molecule has 4 heteroatoms. The Bertz CT molecular complexity index is 426. The van der Waals surface area contributed by atoms with Crippen molar-refractivity contribution in [2.75, 3.05) is 0 Å². The molecule has 0 saturated heterocycles. The minimum atomic E-state index is -0.546. The number of rotatable bonds is 2. The van der Waals surface area contributed by atoms with Crippen molar-refractivity contribution in [3.8, 4) is 0 Å². The second-order valence-corrected chi connectivity index (χ2v) is 3.85. The van der Waals surface area contributed by atoms with Crippen molar-refractivity contribution < 1.29 is 8.78 Å². The summed E-state index contributed by atoms with van der Waals surface area (Å²) in [7, 11) is 0. The first kappa shape index (κ1) is 9.27. The van der Waals surface area contributed by atoms with Gasteiger partial charge in [0.15, 0.2) is 0 Å². The zero-order valence-corrected chi connectivity index (χ0v) is 8.02. The third-order valence-corrected chi connectivity index (χ3v) is 2.64. The highest BCUT2D eigenvalue weighted by molar-refractivity contribution is 7.09. The van der Waals surface area contributed by atoms with Gasteiger partial charge >= 0.3 is 0 Å². The van der Waals surface area contributed by atoms with E-state index < -0.39 is 11.6 Å². The zero-order valence-electron chi connectivity index (χ0n) is 7.21. The highest BCUT2D eigenvalue weighted by Gasteiger charge is 2.05. The normalized spacial score (nSPS) is 10.4. The summed E-state index contributed by atoms with van der Waals surface area (Å²) in [6.45, 7) is 0. The molecule has 0 saturated carbocycles. The van der Waals surface area contributed by atoms with Crippen LogP contribution in [-0.2, 0) is 6.42 Å². The van der Waals surface area contributed by atoms with Crippen LogP contribution in [0.3, 0.4) is 0 Å². The van der Waals surface area contributed by atoms with Gasteiger partial charge in [0.2, 0.25) is 0 Å². The maximum absolute atomic E-state index is 13.2. The van der Waals surface area contributed by atoms with E-state index in [0.29, 0.717) is 12.0 Å². The standard InChI is InChI=1S/C10H7F2NS/c11-8-2-1-7(10(12)4-8)3-9-5-13-6-14-9/h1-2,4-6H,3H2. The Morgan fingerprint density at radius 2 is 2.14 bits per heavy atom. The first-order valence-electron chi connectivity index (χ1n) is 4.07. The maximum Gasteiger partial charge on any atom is 0.129 e. The van der Waals surface area contributed by atoms with Gasteiger partial charge in [0.1, 0.15) is 11.6 Å². The molecule has 2 rings (SSSR count). The molecular weight excluding hydrogens is 204 g/mol. The quantitative estimate of drug-likeness (QED) is 0.744. The fraction of sp³-hybridized carbons (Fsp3) is 0.100. The van der Waals surface area contributed by atoms with Crippen molar-refractivity contribution in [3.63, 3.8) is 0 Å². The summed E-state index contributed by atoms with van der Waals surface area (Å²) in [6.07, 6.45) is 2.16. The van der Waals surface area contributed by atoms with E-state index in [-0.39, 0.29) is 0 Å². The molecular formula is C10H7F2NS. The SMILES string of the molecule is Fc1ccc(Cc2cncs2)c(F)c1. The molecule has 0 N–H and O–H groups in total. The van der Waals surface area contributed by atoms with E-state index in [4.69, 9.17) is 0 Å². The summed E-state index contributed by atoms with van der Waals surface area (Å²) in [5, 5.41) is 0. The van der Waals surface area contributed by atoms with Crippen molar-refractivity contribution in [3.05, 3.63) is 52.0 Å². The van der Waals surface area contributed by atoms with Gasteiger partial charge in [-0.1, -0.05) is 6.07 Å². The van der Waals surface area contributed by atoms with Gasteiger partial charge in [-0.05, 0) is 11.6 Å². The molecule has 1 aromatic heterocycles. The molecule has 72 valence electrons. The summed E-state index contributed by atoms with van der Waals surface area (Å²) in [6, 6.07) is 3.63. The Balaban J connectivity index is 2.25. The predicted octanol–water partition coefficient (Wildman–Crippen LogP) is 3.01. The van der Waals surface area contributed by atoms with Crippen LogP contribution in [0.2, 0.25) is 0 Å². The van der Waals surface area contributed by atoms with E-state index in [1.807, 2.05) is 0 Å². The van der Waals surface area contributed by atoms with Crippen LogP contribution in [0.15, 0.2) is 29.9 Å². The smallest absolute Gasteiger partial charge is 0.129 e. The lowest BCUT2D eigenvalue weighted by atomic mass is 10.1. The average Bonchev–Trinajstić information content (AvgIpc) is 2.62. The van der Waals surface area contributed by atoms with E-state index in [1.165, 1.54) is 23.5 Å². The van der Waals surface area contributed by atoms with Crippen molar-refractivity contribution >= 4 is 11.3 Å². The summed E-state index contributed by atoms with van der Waals surface area (Å²) in [5.41, 5.74) is 2.19. The number of hydrogen-bond acceptors (Lipinski definition) is 2. The molecule has 2 aromatic rings. The molecule has 14 heavy (non-hydrogen) atoms. The van der Waals surface area contributed by atoms with Gasteiger partial charge in [0, 0.05) is 23.6 Å². The minimum absolute atomic E-state index is 0.469. The van der Waals surface area contributed by atoms with Crippen LogP contribution in [0, 0.1) is 11.6 Å². The van der Waals surface area contributed by atoms with E-state index in [1.54, 1.807) is 11.7 Å². The van der Waals surface area contributed by atoms with Crippen LogP contribution in [-0.4, -0.2) is 4.98 Å². The lowest BCUT2D eigenvalue weighted by Gasteiger charge is -2.00. The molecule has 0 bridgehead atoms. The highest BCUT2D eigenvalue weighted by atomic mass is 32.1. The monoisotopic (exact) mass is 211 g/mol. The summed E-state index contributed by atoms with van der Waals surface area (Å²) in [4.78, 5) is 4.86. The van der Waals surface area contributed by atoms with Gasteiger partial charge in [-0.3, -0.25) is 4.98 Å². The molecule has 0 aliphatic carbocycles. The highest BCUT2D eigenvalue weighted by Crippen LogP contribution is 2.16. The molecule has 1 heterocycles. The van der Waals surface area contributed by atoms with E-state index in [2.05, 4.69) is 4.98 Å². The lowest BCUT2D eigenvalue weighted by molar-refractivity contribution is 0.575. The molecule has 0 radical (unpaired) electrons. The summed E-state index contributed by atoms with van der Waals surface area (Å²) < 4.78 is 25.8. The van der Waals surface area contributed by atoms with Crippen LogP contribution in [0.4, 0.5) is 8.78 Å². The largest absolute Gasteiger partial charge is 0.253 e. The number of benzene rings is 1. The maximum atomic E-state index is 13.2. The van der Waals surface area contributed by atoms with Gasteiger partial charge in [-0.15, -0.1) is 11.3 Å². The van der Waals surface area contributed by atoms with Crippen molar-refractivity contribution in [2.24, 2.45) is 0 Å². The molecule has 0 atom stereocenters. The average molecular weight is 211 g/mol. The Hall–Kier alpha value is -1.29.